The van der Waals surface area contributed by atoms with Crippen LogP contribution in [0.3, 0.4) is 0 Å². The number of halogens is 1. The number of fused-ring (bicyclic) bond motifs is 1. The number of para-hydroxylation sites is 1. The largest absolute Gasteiger partial charge is 0.366 e. The Morgan fingerprint density at radius 2 is 1.89 bits per heavy atom. The van der Waals surface area contributed by atoms with Gasteiger partial charge in [-0.2, -0.15) is 0 Å². The van der Waals surface area contributed by atoms with E-state index < -0.39 is 0 Å². The van der Waals surface area contributed by atoms with E-state index in [2.05, 4.69) is 5.32 Å². The Labute approximate surface area is 166 Å². The van der Waals surface area contributed by atoms with Gasteiger partial charge in [0.2, 0.25) is 5.91 Å². The lowest BCUT2D eigenvalue weighted by molar-refractivity contribution is -0.130. The molecular weight excluding hydrogens is 379 g/mol. The molecule has 1 saturated heterocycles. The zero-order valence-electron chi connectivity index (χ0n) is 15.5. The van der Waals surface area contributed by atoms with Crippen LogP contribution in [0.2, 0.25) is 0 Å². The zero-order chi connectivity index (χ0) is 19.7. The van der Waals surface area contributed by atoms with Gasteiger partial charge in [0, 0.05) is 33.2 Å². The van der Waals surface area contributed by atoms with E-state index in [0.29, 0.717) is 37.6 Å². The topological polar surface area (TPSA) is 57.6 Å². The molecule has 8 heteroatoms. The number of piperazine rings is 1. The highest BCUT2D eigenvalue weighted by atomic mass is 32.1. The summed E-state index contributed by atoms with van der Waals surface area (Å²) in [5.41, 5.74) is 2.11. The first-order valence-electron chi connectivity index (χ1n) is 9.13. The third kappa shape index (κ3) is 3.47. The Kier molecular flexibility index (Phi) is 5.04. The predicted octanol–water partition coefficient (Wildman–Crippen LogP) is 2.46. The highest BCUT2D eigenvalue weighted by Crippen LogP contribution is 2.24. The summed E-state index contributed by atoms with van der Waals surface area (Å²) in [6.07, 6.45) is 0. The van der Waals surface area contributed by atoms with Crippen LogP contribution in [0.5, 0.6) is 0 Å². The number of carbonyl (C=O) groups excluding carboxylic acids is 2. The molecule has 28 heavy (non-hydrogen) atoms. The number of nitrogens with one attached hydrogen (secondary N) is 1. The molecule has 0 bridgehead atoms. The van der Waals surface area contributed by atoms with E-state index in [1.807, 2.05) is 34.0 Å². The number of hydrogen-bond donors (Lipinski definition) is 1. The quantitative estimate of drug-likeness (QED) is 0.732. The first-order chi connectivity index (χ1) is 13.5. The number of benzene rings is 1. The number of nitrogens with zero attached hydrogens (tertiary/aromatic N) is 3. The molecule has 6 nitrogen and oxygen atoms in total. The molecule has 0 aliphatic carbocycles. The molecule has 1 aliphatic heterocycles. The molecule has 0 spiro atoms. The predicted molar refractivity (Wildman–Crippen MR) is 108 cm³/mol. The van der Waals surface area contributed by atoms with Gasteiger partial charge in [0.15, 0.2) is 0 Å². The van der Waals surface area contributed by atoms with Gasteiger partial charge in [-0.3, -0.25) is 9.59 Å². The van der Waals surface area contributed by atoms with Crippen LogP contribution in [0.4, 0.5) is 10.1 Å². The third-order valence-electron chi connectivity index (χ3n) is 5.12. The van der Waals surface area contributed by atoms with Crippen LogP contribution in [0, 0.1) is 5.82 Å². The van der Waals surface area contributed by atoms with Gasteiger partial charge in [0.05, 0.1) is 22.4 Å². The van der Waals surface area contributed by atoms with Gasteiger partial charge in [-0.05, 0) is 29.6 Å². The molecule has 146 valence electrons. The zero-order valence-corrected chi connectivity index (χ0v) is 16.3. The van der Waals surface area contributed by atoms with Crippen LogP contribution < -0.4 is 10.2 Å². The lowest BCUT2D eigenvalue weighted by atomic mass is 10.2. The molecule has 0 radical (unpaired) electrons. The van der Waals surface area contributed by atoms with Gasteiger partial charge < -0.3 is 19.7 Å². The molecule has 1 fully saturated rings. The number of aryl methyl sites for hydroxylation is 1. The smallest absolute Gasteiger partial charge is 0.268 e. The standard InChI is InChI=1S/C20H21FN4O2S/c1-23-16-6-11-28-18(16)12-17(23)20(27)22-13-19(26)25-9-7-24(8-10-25)15-5-3-2-4-14(15)21/h2-6,11-12H,7-10,13H2,1H3,(H,22,27). The first kappa shape index (κ1) is 18.5. The van der Waals surface area contributed by atoms with Crippen molar-refractivity contribution in [1.82, 2.24) is 14.8 Å². The van der Waals surface area contributed by atoms with Crippen molar-refractivity contribution in [3.05, 3.63) is 53.3 Å². The van der Waals surface area contributed by atoms with Gasteiger partial charge in [0.25, 0.3) is 5.91 Å². The van der Waals surface area contributed by atoms with Gasteiger partial charge in [-0.15, -0.1) is 11.3 Å². The van der Waals surface area contributed by atoms with Crippen molar-refractivity contribution in [3.63, 3.8) is 0 Å². The normalized spacial score (nSPS) is 14.5. The van der Waals surface area contributed by atoms with E-state index in [4.69, 9.17) is 0 Å². The number of amides is 2. The van der Waals surface area contributed by atoms with Crippen LogP contribution in [0.25, 0.3) is 10.2 Å². The lowest BCUT2D eigenvalue weighted by Gasteiger charge is -2.36. The molecule has 0 atom stereocenters. The molecule has 1 N–H and O–H groups in total. The Morgan fingerprint density at radius 3 is 2.61 bits per heavy atom. The Hall–Kier alpha value is -2.87. The van der Waals surface area contributed by atoms with Gasteiger partial charge in [0.1, 0.15) is 11.5 Å². The minimum absolute atomic E-state index is 0.0443. The summed E-state index contributed by atoms with van der Waals surface area (Å²) in [4.78, 5) is 28.6. The second kappa shape index (κ2) is 7.63. The highest BCUT2D eigenvalue weighted by Gasteiger charge is 2.23. The Morgan fingerprint density at radius 1 is 1.14 bits per heavy atom. The molecule has 1 aliphatic rings. The van der Waals surface area contributed by atoms with Gasteiger partial charge in [-0.1, -0.05) is 12.1 Å². The molecule has 1 aromatic carbocycles. The maximum Gasteiger partial charge on any atom is 0.268 e. The van der Waals surface area contributed by atoms with Crippen LogP contribution in [0.1, 0.15) is 10.5 Å². The average Bonchev–Trinajstić information content (AvgIpc) is 3.29. The van der Waals surface area contributed by atoms with E-state index >= 15 is 0 Å². The molecule has 3 aromatic rings. The fourth-order valence-electron chi connectivity index (χ4n) is 3.53. The molecule has 4 rings (SSSR count). The maximum atomic E-state index is 13.9. The van der Waals surface area contributed by atoms with Crippen LogP contribution in [0.15, 0.2) is 41.8 Å². The number of rotatable bonds is 4. The Bertz CT molecular complexity index is 1020. The van der Waals surface area contributed by atoms with Crippen molar-refractivity contribution >= 4 is 39.1 Å². The summed E-state index contributed by atoms with van der Waals surface area (Å²) in [5.74, 6) is -0.640. The SMILES string of the molecule is Cn1c(C(=O)NCC(=O)N2CCN(c3ccccc3F)CC2)cc2sccc21. The van der Waals surface area contributed by atoms with Crippen molar-refractivity contribution in [3.8, 4) is 0 Å². The van der Waals surface area contributed by atoms with E-state index in [1.165, 1.54) is 6.07 Å². The number of carbonyl (C=O) groups is 2. The van der Waals surface area contributed by atoms with Crippen molar-refractivity contribution in [2.45, 2.75) is 0 Å². The van der Waals surface area contributed by atoms with E-state index in [-0.39, 0.29) is 24.2 Å². The van der Waals surface area contributed by atoms with E-state index in [1.54, 1.807) is 34.4 Å². The molecular formula is C20H21FN4O2S. The average molecular weight is 400 g/mol. The summed E-state index contributed by atoms with van der Waals surface area (Å²) in [6, 6.07) is 10.5. The maximum absolute atomic E-state index is 13.9. The van der Waals surface area contributed by atoms with Crippen LogP contribution in [-0.2, 0) is 11.8 Å². The number of hydrogen-bond acceptors (Lipinski definition) is 4. The van der Waals surface area contributed by atoms with E-state index in [0.717, 1.165) is 10.2 Å². The summed E-state index contributed by atoms with van der Waals surface area (Å²) in [7, 11) is 1.84. The first-order valence-corrected chi connectivity index (χ1v) is 10.0. The highest BCUT2D eigenvalue weighted by molar-refractivity contribution is 7.17. The van der Waals surface area contributed by atoms with Crippen molar-refractivity contribution < 1.29 is 14.0 Å². The van der Waals surface area contributed by atoms with Crippen molar-refractivity contribution in [2.24, 2.45) is 7.05 Å². The lowest BCUT2D eigenvalue weighted by Crippen LogP contribution is -2.51. The monoisotopic (exact) mass is 400 g/mol. The van der Waals surface area contributed by atoms with Crippen molar-refractivity contribution in [2.75, 3.05) is 37.6 Å². The van der Waals surface area contributed by atoms with Crippen LogP contribution >= 0.6 is 11.3 Å². The fraction of sp³-hybridized carbons (Fsp3) is 0.300. The Balaban J connectivity index is 1.31. The second-order valence-electron chi connectivity index (χ2n) is 6.76. The van der Waals surface area contributed by atoms with Crippen molar-refractivity contribution in [1.29, 1.82) is 0 Å². The summed E-state index contributed by atoms with van der Waals surface area (Å²) < 4.78 is 16.8. The summed E-state index contributed by atoms with van der Waals surface area (Å²) in [6.45, 7) is 2.09. The molecule has 2 amide bonds. The minimum Gasteiger partial charge on any atom is -0.366 e. The summed E-state index contributed by atoms with van der Waals surface area (Å²) >= 11 is 1.58. The second-order valence-corrected chi connectivity index (χ2v) is 7.71. The van der Waals surface area contributed by atoms with Crippen LogP contribution in [-0.4, -0.2) is 54.0 Å². The van der Waals surface area contributed by atoms with E-state index in [9.17, 15) is 14.0 Å². The fourth-order valence-corrected chi connectivity index (χ4v) is 4.38. The minimum atomic E-state index is -0.260. The molecule has 3 heterocycles. The number of anilines is 1. The number of aromatic nitrogens is 1. The third-order valence-corrected chi connectivity index (χ3v) is 5.98. The molecule has 2 aromatic heterocycles. The summed E-state index contributed by atoms with van der Waals surface area (Å²) in [5, 5.41) is 4.70. The molecule has 0 unspecified atom stereocenters. The number of thiophene rings is 1. The van der Waals surface area contributed by atoms with Gasteiger partial charge >= 0.3 is 0 Å². The van der Waals surface area contributed by atoms with Gasteiger partial charge in [-0.25, -0.2) is 4.39 Å². The molecule has 0 saturated carbocycles.